The number of amides is 1. The zero-order valence-corrected chi connectivity index (χ0v) is 15.1. The van der Waals surface area contributed by atoms with Crippen LogP contribution in [-0.4, -0.2) is 50.2 Å². The first-order valence-electron chi connectivity index (χ1n) is 8.80. The molecule has 134 valence electrons. The Kier molecular flexibility index (Phi) is 7.53. The number of likely N-dealkylation sites (tertiary alicyclic amines) is 1. The lowest BCUT2D eigenvalue weighted by molar-refractivity contribution is -0.126. The number of nitrogens with zero attached hydrogens (tertiary/aromatic N) is 1. The van der Waals surface area contributed by atoms with Gasteiger partial charge in [-0.3, -0.25) is 9.69 Å². The first-order chi connectivity index (χ1) is 11.6. The molecule has 0 saturated carbocycles. The van der Waals surface area contributed by atoms with Crippen LogP contribution in [0.2, 0.25) is 0 Å². The Balaban J connectivity index is 1.64. The number of piperidine rings is 1. The predicted octanol–water partition coefficient (Wildman–Crippen LogP) is 2.45. The van der Waals surface area contributed by atoms with Crippen molar-refractivity contribution in [3.05, 3.63) is 29.8 Å². The number of nitrogens with one attached hydrogen (secondary N) is 1. The number of benzene rings is 1. The summed E-state index contributed by atoms with van der Waals surface area (Å²) in [5.41, 5.74) is 0.998. The average Bonchev–Trinajstić information content (AvgIpc) is 2.60. The number of carbonyl (C=O) groups is 1. The molecule has 1 aromatic rings. The van der Waals surface area contributed by atoms with Crippen LogP contribution >= 0.6 is 0 Å². The van der Waals surface area contributed by atoms with Crippen LogP contribution in [0.3, 0.4) is 0 Å². The molecule has 1 aromatic carbocycles. The Morgan fingerprint density at radius 3 is 3.04 bits per heavy atom. The number of methoxy groups -OCH3 is 1. The van der Waals surface area contributed by atoms with Gasteiger partial charge < -0.3 is 14.8 Å². The van der Waals surface area contributed by atoms with Crippen LogP contribution in [-0.2, 0) is 16.1 Å². The largest absolute Gasteiger partial charge is 0.497 e. The molecule has 2 atom stereocenters. The van der Waals surface area contributed by atoms with Crippen LogP contribution in [0.25, 0.3) is 0 Å². The molecule has 5 nitrogen and oxygen atoms in total. The highest BCUT2D eigenvalue weighted by Gasteiger charge is 2.21. The second kappa shape index (κ2) is 9.64. The maximum Gasteiger partial charge on any atom is 0.246 e. The van der Waals surface area contributed by atoms with Crippen LogP contribution in [0, 0.1) is 5.92 Å². The van der Waals surface area contributed by atoms with Crippen LogP contribution in [0.5, 0.6) is 5.75 Å². The molecule has 1 aliphatic rings. The molecular weight excluding hydrogens is 304 g/mol. The lowest BCUT2D eigenvalue weighted by Gasteiger charge is -2.35. The third-order valence-corrected chi connectivity index (χ3v) is 4.54. The van der Waals surface area contributed by atoms with Crippen molar-refractivity contribution in [2.24, 2.45) is 5.92 Å². The van der Waals surface area contributed by atoms with E-state index in [1.54, 1.807) is 7.11 Å². The van der Waals surface area contributed by atoms with Gasteiger partial charge in [0.15, 0.2) is 0 Å². The van der Waals surface area contributed by atoms with Gasteiger partial charge in [0.05, 0.1) is 13.7 Å². The summed E-state index contributed by atoms with van der Waals surface area (Å²) in [6, 6.07) is 8.05. The molecule has 24 heavy (non-hydrogen) atoms. The minimum absolute atomic E-state index is 0.0604. The fourth-order valence-corrected chi connectivity index (χ4v) is 3.09. The minimum atomic E-state index is -0.0604. The summed E-state index contributed by atoms with van der Waals surface area (Å²) >= 11 is 0. The smallest absolute Gasteiger partial charge is 0.246 e. The number of ether oxygens (including phenoxy) is 2. The summed E-state index contributed by atoms with van der Waals surface area (Å²) < 4.78 is 10.7. The second-order valence-corrected chi connectivity index (χ2v) is 6.74. The van der Waals surface area contributed by atoms with Gasteiger partial charge in [0.1, 0.15) is 12.4 Å². The Morgan fingerprint density at radius 1 is 1.46 bits per heavy atom. The monoisotopic (exact) mass is 334 g/mol. The van der Waals surface area contributed by atoms with Crippen LogP contribution in [0.1, 0.15) is 32.3 Å². The normalized spacial score (nSPS) is 19.7. The Bertz CT molecular complexity index is 521. The molecule has 0 spiro atoms. The highest BCUT2D eigenvalue weighted by Crippen LogP contribution is 2.17. The van der Waals surface area contributed by atoms with Gasteiger partial charge in [-0.05, 0) is 49.9 Å². The third-order valence-electron chi connectivity index (χ3n) is 4.54. The maximum atomic E-state index is 11.9. The maximum absolute atomic E-state index is 11.9. The summed E-state index contributed by atoms with van der Waals surface area (Å²) in [7, 11) is 1.64. The Labute approximate surface area is 145 Å². The van der Waals surface area contributed by atoms with Crippen molar-refractivity contribution in [2.45, 2.75) is 39.3 Å². The molecular formula is C19H30N2O3. The van der Waals surface area contributed by atoms with Gasteiger partial charge in [0.2, 0.25) is 5.91 Å². The van der Waals surface area contributed by atoms with E-state index in [1.807, 2.05) is 24.3 Å². The topological polar surface area (TPSA) is 50.8 Å². The first-order valence-corrected chi connectivity index (χ1v) is 8.80. The van der Waals surface area contributed by atoms with E-state index in [9.17, 15) is 4.79 Å². The highest BCUT2D eigenvalue weighted by atomic mass is 16.5. The summed E-state index contributed by atoms with van der Waals surface area (Å²) in [6.45, 7) is 7.90. The predicted molar refractivity (Wildman–Crippen MR) is 95.1 cm³/mol. The summed E-state index contributed by atoms with van der Waals surface area (Å²) in [5.74, 6) is 1.49. The van der Waals surface area contributed by atoms with Crippen molar-refractivity contribution in [2.75, 3.05) is 33.4 Å². The average molecular weight is 334 g/mol. The number of carbonyl (C=O) groups excluding carboxylic acids is 1. The van der Waals surface area contributed by atoms with E-state index >= 15 is 0 Å². The number of hydrogen-bond donors (Lipinski definition) is 1. The van der Waals surface area contributed by atoms with E-state index in [2.05, 4.69) is 24.1 Å². The van der Waals surface area contributed by atoms with Crippen molar-refractivity contribution in [3.63, 3.8) is 0 Å². The van der Waals surface area contributed by atoms with Crippen molar-refractivity contribution < 1.29 is 14.3 Å². The molecule has 1 N–H and O–H groups in total. The van der Waals surface area contributed by atoms with Gasteiger partial charge in [-0.1, -0.05) is 19.1 Å². The molecule has 1 aliphatic heterocycles. The molecule has 0 aliphatic carbocycles. The van der Waals surface area contributed by atoms with Crippen LogP contribution < -0.4 is 10.1 Å². The molecule has 0 unspecified atom stereocenters. The summed E-state index contributed by atoms with van der Waals surface area (Å²) in [6.07, 6.45) is 2.57. The van der Waals surface area contributed by atoms with Gasteiger partial charge in [-0.25, -0.2) is 0 Å². The Hall–Kier alpha value is -1.59. The first kappa shape index (κ1) is 18.7. The zero-order valence-electron chi connectivity index (χ0n) is 15.1. The fourth-order valence-electron chi connectivity index (χ4n) is 3.09. The van der Waals surface area contributed by atoms with Crippen molar-refractivity contribution in [3.8, 4) is 5.75 Å². The summed E-state index contributed by atoms with van der Waals surface area (Å²) in [5, 5.41) is 2.97. The van der Waals surface area contributed by atoms with E-state index in [0.29, 0.717) is 19.2 Å². The molecule has 0 bridgehead atoms. The molecule has 5 heteroatoms. The fraction of sp³-hybridized carbons (Fsp3) is 0.632. The minimum Gasteiger partial charge on any atom is -0.497 e. The number of rotatable bonds is 8. The van der Waals surface area contributed by atoms with Crippen LogP contribution in [0.4, 0.5) is 0 Å². The summed E-state index contributed by atoms with van der Waals surface area (Å²) in [4.78, 5) is 14.4. The Morgan fingerprint density at radius 2 is 2.29 bits per heavy atom. The molecule has 1 amide bonds. The van der Waals surface area contributed by atoms with E-state index in [0.717, 1.165) is 30.3 Å². The standard InChI is InChI=1S/C19H30N2O3/c1-15-6-5-9-21(12-15)16(2)11-20-19(22)14-24-13-17-7-4-8-18(10-17)23-3/h4,7-8,10,15-16H,5-6,9,11-14H2,1-3H3,(H,20,22)/t15-,16-/m0/s1. The quantitative estimate of drug-likeness (QED) is 0.793. The van der Waals surface area contributed by atoms with Crippen molar-refractivity contribution in [1.29, 1.82) is 0 Å². The lowest BCUT2D eigenvalue weighted by Crippen LogP contribution is -2.46. The van der Waals surface area contributed by atoms with E-state index < -0.39 is 0 Å². The number of hydrogen-bond acceptors (Lipinski definition) is 4. The van der Waals surface area contributed by atoms with Crippen molar-refractivity contribution in [1.82, 2.24) is 10.2 Å². The van der Waals surface area contributed by atoms with E-state index in [4.69, 9.17) is 9.47 Å². The van der Waals surface area contributed by atoms with E-state index in [1.165, 1.54) is 12.8 Å². The van der Waals surface area contributed by atoms with Crippen molar-refractivity contribution >= 4 is 5.91 Å². The molecule has 2 rings (SSSR count). The second-order valence-electron chi connectivity index (χ2n) is 6.74. The zero-order chi connectivity index (χ0) is 17.4. The SMILES string of the molecule is COc1cccc(COCC(=O)NC[C@H](C)N2CCC[C@H](C)C2)c1. The highest BCUT2D eigenvalue weighted by molar-refractivity contribution is 5.77. The van der Waals surface area contributed by atoms with Crippen LogP contribution in [0.15, 0.2) is 24.3 Å². The molecule has 1 fully saturated rings. The molecule has 0 aromatic heterocycles. The molecule has 1 saturated heterocycles. The van der Waals surface area contributed by atoms with Gasteiger partial charge in [0.25, 0.3) is 0 Å². The van der Waals surface area contributed by atoms with Gasteiger partial charge >= 0.3 is 0 Å². The molecule has 0 radical (unpaired) electrons. The van der Waals surface area contributed by atoms with Gasteiger partial charge in [-0.15, -0.1) is 0 Å². The lowest BCUT2D eigenvalue weighted by atomic mass is 9.99. The van der Waals surface area contributed by atoms with E-state index in [-0.39, 0.29) is 12.5 Å². The third kappa shape index (κ3) is 6.13. The van der Waals surface area contributed by atoms with Gasteiger partial charge in [0, 0.05) is 19.1 Å². The molecule has 1 heterocycles. The van der Waals surface area contributed by atoms with Gasteiger partial charge in [-0.2, -0.15) is 0 Å².